The lowest BCUT2D eigenvalue weighted by Gasteiger charge is -2.15. The van der Waals surface area contributed by atoms with Crippen molar-refractivity contribution < 1.29 is 0 Å². The van der Waals surface area contributed by atoms with Gasteiger partial charge in [0.05, 0.1) is 0 Å². The number of allylic oxidation sites excluding steroid dienone is 2. The molecule has 12 heavy (non-hydrogen) atoms. The maximum atomic E-state index is 4.26. The van der Waals surface area contributed by atoms with Crippen molar-refractivity contribution in [2.45, 2.75) is 25.2 Å². The van der Waals surface area contributed by atoms with Gasteiger partial charge in [-0.15, -0.1) is 0 Å². The molecule has 2 rings (SSSR count). The number of rotatable bonds is 1. The van der Waals surface area contributed by atoms with E-state index in [0.717, 1.165) is 12.2 Å². The minimum absolute atomic E-state index is 0.552. The molecule has 0 radical (unpaired) electrons. The van der Waals surface area contributed by atoms with Gasteiger partial charge in [0.15, 0.2) is 0 Å². The fourth-order valence-corrected chi connectivity index (χ4v) is 1.55. The van der Waals surface area contributed by atoms with Gasteiger partial charge < -0.3 is 0 Å². The highest BCUT2D eigenvalue weighted by atomic mass is 14.9. The SMILES string of the molecule is C1=CCC(c2ncccn2)CC1. The van der Waals surface area contributed by atoms with E-state index in [4.69, 9.17) is 0 Å². The van der Waals surface area contributed by atoms with E-state index in [9.17, 15) is 0 Å². The van der Waals surface area contributed by atoms with Gasteiger partial charge in [-0.2, -0.15) is 0 Å². The van der Waals surface area contributed by atoms with Gasteiger partial charge in [-0.3, -0.25) is 0 Å². The summed E-state index contributed by atoms with van der Waals surface area (Å²) >= 11 is 0. The average Bonchev–Trinajstić information content (AvgIpc) is 2.21. The third kappa shape index (κ3) is 1.52. The normalized spacial score (nSPS) is 22.5. The highest BCUT2D eigenvalue weighted by Gasteiger charge is 2.13. The monoisotopic (exact) mass is 160 g/mol. The minimum atomic E-state index is 0.552. The van der Waals surface area contributed by atoms with Gasteiger partial charge in [0.1, 0.15) is 5.82 Å². The van der Waals surface area contributed by atoms with Gasteiger partial charge in [-0.25, -0.2) is 9.97 Å². The Morgan fingerprint density at radius 2 is 2.00 bits per heavy atom. The highest BCUT2D eigenvalue weighted by molar-refractivity contribution is 5.04. The summed E-state index contributed by atoms with van der Waals surface area (Å²) < 4.78 is 0. The number of nitrogens with zero attached hydrogens (tertiary/aromatic N) is 2. The van der Waals surface area contributed by atoms with Gasteiger partial charge in [-0.05, 0) is 25.3 Å². The van der Waals surface area contributed by atoms with Crippen LogP contribution in [0.25, 0.3) is 0 Å². The maximum Gasteiger partial charge on any atom is 0.131 e. The van der Waals surface area contributed by atoms with E-state index in [2.05, 4.69) is 22.1 Å². The molecular weight excluding hydrogens is 148 g/mol. The molecule has 2 heteroatoms. The summed E-state index contributed by atoms with van der Waals surface area (Å²) in [5.41, 5.74) is 0. The molecule has 0 N–H and O–H groups in total. The first-order chi connectivity index (χ1) is 5.97. The molecule has 1 aliphatic carbocycles. The van der Waals surface area contributed by atoms with Crippen LogP contribution < -0.4 is 0 Å². The molecule has 0 aliphatic heterocycles. The second kappa shape index (κ2) is 3.48. The molecule has 1 unspecified atom stereocenters. The van der Waals surface area contributed by atoms with Crippen LogP contribution in [-0.4, -0.2) is 9.97 Å². The summed E-state index contributed by atoms with van der Waals surface area (Å²) in [4.78, 5) is 8.51. The van der Waals surface area contributed by atoms with E-state index in [1.165, 1.54) is 12.8 Å². The summed E-state index contributed by atoms with van der Waals surface area (Å²) in [6, 6.07) is 1.86. The molecule has 1 aromatic heterocycles. The fraction of sp³-hybridized carbons (Fsp3) is 0.400. The Morgan fingerprint density at radius 3 is 2.67 bits per heavy atom. The molecule has 0 amide bonds. The topological polar surface area (TPSA) is 25.8 Å². The number of hydrogen-bond donors (Lipinski definition) is 0. The van der Waals surface area contributed by atoms with Crippen molar-refractivity contribution in [2.24, 2.45) is 0 Å². The predicted molar refractivity (Wildman–Crippen MR) is 47.8 cm³/mol. The Bertz CT molecular complexity index is 266. The van der Waals surface area contributed by atoms with Gasteiger partial charge >= 0.3 is 0 Å². The first kappa shape index (κ1) is 7.47. The summed E-state index contributed by atoms with van der Waals surface area (Å²) in [6.07, 6.45) is 11.6. The second-order valence-electron chi connectivity index (χ2n) is 3.09. The zero-order valence-corrected chi connectivity index (χ0v) is 6.98. The average molecular weight is 160 g/mol. The van der Waals surface area contributed by atoms with Gasteiger partial charge in [0, 0.05) is 18.3 Å². The Morgan fingerprint density at radius 1 is 1.17 bits per heavy atom. The van der Waals surface area contributed by atoms with Crippen LogP contribution in [0.3, 0.4) is 0 Å². The summed E-state index contributed by atoms with van der Waals surface area (Å²) in [5.74, 6) is 1.55. The third-order valence-corrected chi connectivity index (χ3v) is 2.22. The van der Waals surface area contributed by atoms with E-state index < -0.39 is 0 Å². The van der Waals surface area contributed by atoms with E-state index in [1.807, 2.05) is 18.5 Å². The van der Waals surface area contributed by atoms with E-state index >= 15 is 0 Å². The Balaban J connectivity index is 2.15. The first-order valence-electron chi connectivity index (χ1n) is 4.39. The zero-order chi connectivity index (χ0) is 8.23. The van der Waals surface area contributed by atoms with Crippen LogP contribution in [0.2, 0.25) is 0 Å². The smallest absolute Gasteiger partial charge is 0.131 e. The predicted octanol–water partition coefficient (Wildman–Crippen LogP) is 2.30. The summed E-state index contributed by atoms with van der Waals surface area (Å²) in [6.45, 7) is 0. The van der Waals surface area contributed by atoms with Crippen molar-refractivity contribution >= 4 is 0 Å². The van der Waals surface area contributed by atoms with Gasteiger partial charge in [0.2, 0.25) is 0 Å². The second-order valence-corrected chi connectivity index (χ2v) is 3.09. The summed E-state index contributed by atoms with van der Waals surface area (Å²) in [7, 11) is 0. The highest BCUT2D eigenvalue weighted by Crippen LogP contribution is 2.25. The van der Waals surface area contributed by atoms with Crippen molar-refractivity contribution in [1.29, 1.82) is 0 Å². The van der Waals surface area contributed by atoms with Gasteiger partial charge in [0.25, 0.3) is 0 Å². The molecule has 0 aromatic carbocycles. The van der Waals surface area contributed by atoms with Crippen molar-refractivity contribution in [1.82, 2.24) is 9.97 Å². The fourth-order valence-electron chi connectivity index (χ4n) is 1.55. The molecule has 0 saturated heterocycles. The van der Waals surface area contributed by atoms with Crippen molar-refractivity contribution in [3.63, 3.8) is 0 Å². The van der Waals surface area contributed by atoms with Crippen molar-refractivity contribution in [3.8, 4) is 0 Å². The molecule has 0 bridgehead atoms. The molecule has 1 atom stereocenters. The largest absolute Gasteiger partial charge is 0.241 e. The first-order valence-corrected chi connectivity index (χ1v) is 4.39. The lowest BCUT2D eigenvalue weighted by atomic mass is 9.94. The van der Waals surface area contributed by atoms with Crippen LogP contribution in [0.15, 0.2) is 30.6 Å². The van der Waals surface area contributed by atoms with Crippen LogP contribution >= 0.6 is 0 Å². The standard InChI is InChI=1S/C10H12N2/c1-2-5-9(6-3-1)10-11-7-4-8-12-10/h1-2,4,7-9H,3,5-6H2. The molecule has 0 spiro atoms. The molecule has 62 valence electrons. The molecule has 0 saturated carbocycles. The van der Waals surface area contributed by atoms with Crippen molar-refractivity contribution in [2.75, 3.05) is 0 Å². The van der Waals surface area contributed by atoms with Crippen molar-refractivity contribution in [3.05, 3.63) is 36.4 Å². The lowest BCUT2D eigenvalue weighted by molar-refractivity contribution is 0.582. The molecule has 2 nitrogen and oxygen atoms in total. The quantitative estimate of drug-likeness (QED) is 0.589. The van der Waals surface area contributed by atoms with E-state index in [0.29, 0.717) is 5.92 Å². The van der Waals surface area contributed by atoms with Gasteiger partial charge in [-0.1, -0.05) is 12.2 Å². The molecule has 1 aliphatic rings. The van der Waals surface area contributed by atoms with Crippen LogP contribution in [0.1, 0.15) is 31.0 Å². The minimum Gasteiger partial charge on any atom is -0.241 e. The molecule has 1 aromatic rings. The van der Waals surface area contributed by atoms with Crippen LogP contribution in [0, 0.1) is 0 Å². The zero-order valence-electron chi connectivity index (χ0n) is 6.98. The van der Waals surface area contributed by atoms with E-state index in [-0.39, 0.29) is 0 Å². The number of aromatic nitrogens is 2. The third-order valence-electron chi connectivity index (χ3n) is 2.22. The number of hydrogen-bond acceptors (Lipinski definition) is 2. The molecule has 0 fully saturated rings. The lowest BCUT2D eigenvalue weighted by Crippen LogP contribution is -2.04. The van der Waals surface area contributed by atoms with Crippen LogP contribution in [0.5, 0.6) is 0 Å². The van der Waals surface area contributed by atoms with Crippen LogP contribution in [0.4, 0.5) is 0 Å². The van der Waals surface area contributed by atoms with E-state index in [1.54, 1.807) is 0 Å². The molecular formula is C10H12N2. The maximum absolute atomic E-state index is 4.26. The summed E-state index contributed by atoms with van der Waals surface area (Å²) in [5, 5.41) is 0. The Labute approximate surface area is 72.4 Å². The van der Waals surface area contributed by atoms with Crippen LogP contribution in [-0.2, 0) is 0 Å². The Hall–Kier alpha value is -1.18. The molecule has 1 heterocycles. The Kier molecular flexibility index (Phi) is 2.16.